The molecule has 1 aliphatic heterocycles. The smallest absolute Gasteiger partial charge is 0.271 e. The highest BCUT2D eigenvalue weighted by Crippen LogP contribution is 2.14. The molecule has 0 bridgehead atoms. The Hall–Kier alpha value is -2.58. The number of amides is 1. The van der Waals surface area contributed by atoms with Crippen molar-refractivity contribution in [1.82, 2.24) is 20.3 Å². The Bertz CT molecular complexity index is 714. The lowest BCUT2D eigenvalue weighted by Crippen LogP contribution is -2.50. The second-order valence-electron chi connectivity index (χ2n) is 5.41. The van der Waals surface area contributed by atoms with E-state index >= 15 is 0 Å². The van der Waals surface area contributed by atoms with Gasteiger partial charge in [-0.05, 0) is 18.6 Å². The van der Waals surface area contributed by atoms with E-state index in [-0.39, 0.29) is 29.3 Å². The maximum absolute atomic E-state index is 12.2. The minimum atomic E-state index is -0.381. The van der Waals surface area contributed by atoms with Gasteiger partial charge >= 0.3 is 0 Å². The van der Waals surface area contributed by atoms with Crippen molar-refractivity contribution in [3.8, 4) is 0 Å². The maximum Gasteiger partial charge on any atom is 0.271 e. The van der Waals surface area contributed by atoms with Gasteiger partial charge in [0.15, 0.2) is 0 Å². The van der Waals surface area contributed by atoms with Gasteiger partial charge in [0.1, 0.15) is 5.69 Å². The molecule has 8 heteroatoms. The number of aromatic amines is 1. The standard InChI is InChI=1S/C16H18N4O4/c21-15-8-18-12(7-19-15)16(22)20-13-10-23-6-4-14(13)24-9-11-3-1-2-5-17-11/h1-3,5,7-8,13-14H,4,6,9-10H2,(H,19,21)(H,20,22)/t13-,14-/m1/s1. The first-order valence-electron chi connectivity index (χ1n) is 7.67. The summed E-state index contributed by atoms with van der Waals surface area (Å²) in [6, 6.07) is 5.34. The fraction of sp³-hybridized carbons (Fsp3) is 0.375. The van der Waals surface area contributed by atoms with Gasteiger partial charge in [-0.1, -0.05) is 6.07 Å². The zero-order valence-electron chi connectivity index (χ0n) is 13.0. The average Bonchev–Trinajstić information content (AvgIpc) is 2.62. The summed E-state index contributed by atoms with van der Waals surface area (Å²) < 4.78 is 11.3. The summed E-state index contributed by atoms with van der Waals surface area (Å²) in [7, 11) is 0. The lowest BCUT2D eigenvalue weighted by Gasteiger charge is -2.31. The molecule has 3 rings (SSSR count). The normalized spacial score (nSPS) is 20.5. The molecule has 1 saturated heterocycles. The van der Waals surface area contributed by atoms with Gasteiger partial charge in [-0.25, -0.2) is 4.98 Å². The van der Waals surface area contributed by atoms with Crippen molar-refractivity contribution in [1.29, 1.82) is 0 Å². The number of carbonyl (C=O) groups excluding carboxylic acids is 1. The topological polar surface area (TPSA) is 106 Å². The molecule has 0 aliphatic carbocycles. The van der Waals surface area contributed by atoms with Gasteiger partial charge in [-0.3, -0.25) is 14.6 Å². The van der Waals surface area contributed by atoms with Crippen LogP contribution in [0.5, 0.6) is 0 Å². The van der Waals surface area contributed by atoms with Crippen LogP contribution in [0, 0.1) is 0 Å². The van der Waals surface area contributed by atoms with Crippen LogP contribution >= 0.6 is 0 Å². The highest BCUT2D eigenvalue weighted by Gasteiger charge is 2.28. The lowest BCUT2D eigenvalue weighted by atomic mass is 10.1. The molecule has 24 heavy (non-hydrogen) atoms. The monoisotopic (exact) mass is 330 g/mol. The van der Waals surface area contributed by atoms with Crippen molar-refractivity contribution >= 4 is 5.91 Å². The predicted octanol–water partition coefficient (Wildman–Crippen LogP) is 0.269. The Labute approximate surface area is 138 Å². The Morgan fingerprint density at radius 2 is 2.33 bits per heavy atom. The molecular weight excluding hydrogens is 312 g/mol. The van der Waals surface area contributed by atoms with E-state index in [4.69, 9.17) is 9.47 Å². The SMILES string of the molecule is O=C(N[C@@H]1COCC[C@H]1OCc1ccccn1)c1c[nH]c(=O)cn1. The second kappa shape index (κ2) is 7.80. The van der Waals surface area contributed by atoms with E-state index in [1.807, 2.05) is 18.2 Å². The summed E-state index contributed by atoms with van der Waals surface area (Å²) in [6.07, 6.45) is 4.57. The molecule has 0 radical (unpaired) electrons. The van der Waals surface area contributed by atoms with Crippen LogP contribution in [0.1, 0.15) is 22.6 Å². The quantitative estimate of drug-likeness (QED) is 0.815. The molecule has 1 amide bonds. The van der Waals surface area contributed by atoms with Gasteiger partial charge in [0, 0.05) is 19.0 Å². The molecule has 0 unspecified atom stereocenters. The summed E-state index contributed by atoms with van der Waals surface area (Å²) in [5, 5.41) is 2.85. The van der Waals surface area contributed by atoms with Crippen LogP contribution in [-0.4, -0.2) is 46.2 Å². The number of hydrogen-bond acceptors (Lipinski definition) is 6. The summed E-state index contributed by atoms with van der Waals surface area (Å²) in [5.74, 6) is -0.381. The zero-order chi connectivity index (χ0) is 16.8. The first-order valence-corrected chi connectivity index (χ1v) is 7.67. The lowest BCUT2D eigenvalue weighted by molar-refractivity contribution is -0.0613. The summed E-state index contributed by atoms with van der Waals surface area (Å²) >= 11 is 0. The van der Waals surface area contributed by atoms with Crippen molar-refractivity contribution in [2.45, 2.75) is 25.2 Å². The van der Waals surface area contributed by atoms with Gasteiger partial charge in [0.2, 0.25) is 0 Å². The van der Waals surface area contributed by atoms with E-state index < -0.39 is 0 Å². The van der Waals surface area contributed by atoms with E-state index in [9.17, 15) is 9.59 Å². The Morgan fingerprint density at radius 3 is 3.08 bits per heavy atom. The number of H-pyrrole nitrogens is 1. The van der Waals surface area contributed by atoms with Crippen molar-refractivity contribution in [3.05, 3.63) is 58.5 Å². The predicted molar refractivity (Wildman–Crippen MR) is 84.4 cm³/mol. The number of carbonyl (C=O) groups is 1. The highest BCUT2D eigenvalue weighted by molar-refractivity contribution is 5.92. The van der Waals surface area contributed by atoms with E-state index in [0.29, 0.717) is 26.2 Å². The van der Waals surface area contributed by atoms with Gasteiger partial charge in [-0.15, -0.1) is 0 Å². The van der Waals surface area contributed by atoms with Crippen LogP contribution in [0.3, 0.4) is 0 Å². The maximum atomic E-state index is 12.2. The first kappa shape index (κ1) is 16.3. The van der Waals surface area contributed by atoms with Crippen LogP contribution in [0.2, 0.25) is 0 Å². The van der Waals surface area contributed by atoms with E-state index in [2.05, 4.69) is 20.3 Å². The summed E-state index contributed by atoms with van der Waals surface area (Å²) in [4.78, 5) is 33.7. The Kier molecular flexibility index (Phi) is 5.29. The van der Waals surface area contributed by atoms with Crippen molar-refractivity contribution in [2.75, 3.05) is 13.2 Å². The van der Waals surface area contributed by atoms with Crippen molar-refractivity contribution < 1.29 is 14.3 Å². The molecule has 1 fully saturated rings. The third-order valence-corrected chi connectivity index (χ3v) is 3.69. The fourth-order valence-electron chi connectivity index (χ4n) is 2.44. The van der Waals surface area contributed by atoms with Gasteiger partial charge < -0.3 is 19.8 Å². The van der Waals surface area contributed by atoms with Crippen LogP contribution < -0.4 is 10.9 Å². The van der Waals surface area contributed by atoms with E-state index in [1.54, 1.807) is 6.20 Å². The van der Waals surface area contributed by atoms with Crippen LogP contribution in [-0.2, 0) is 16.1 Å². The van der Waals surface area contributed by atoms with Gasteiger partial charge in [0.25, 0.3) is 11.5 Å². The minimum Gasteiger partial charge on any atom is -0.379 e. The molecule has 126 valence electrons. The number of nitrogens with zero attached hydrogens (tertiary/aromatic N) is 2. The molecule has 2 N–H and O–H groups in total. The first-order chi connectivity index (χ1) is 11.7. The van der Waals surface area contributed by atoms with Crippen LogP contribution in [0.15, 0.2) is 41.6 Å². The fourth-order valence-corrected chi connectivity index (χ4v) is 2.44. The molecule has 8 nitrogen and oxygen atoms in total. The average molecular weight is 330 g/mol. The molecule has 2 atom stereocenters. The van der Waals surface area contributed by atoms with E-state index in [0.717, 1.165) is 11.9 Å². The van der Waals surface area contributed by atoms with Crippen LogP contribution in [0.25, 0.3) is 0 Å². The number of ether oxygens (including phenoxy) is 2. The molecule has 2 aromatic heterocycles. The second-order valence-corrected chi connectivity index (χ2v) is 5.41. The highest BCUT2D eigenvalue weighted by atomic mass is 16.5. The van der Waals surface area contributed by atoms with Crippen LogP contribution in [0.4, 0.5) is 0 Å². The molecule has 0 spiro atoms. The van der Waals surface area contributed by atoms with Gasteiger partial charge in [-0.2, -0.15) is 0 Å². The van der Waals surface area contributed by atoms with Crippen molar-refractivity contribution in [3.63, 3.8) is 0 Å². The summed E-state index contributed by atoms with van der Waals surface area (Å²) in [5.41, 5.74) is 0.615. The molecular formula is C16H18N4O4. The van der Waals surface area contributed by atoms with E-state index in [1.165, 1.54) is 6.20 Å². The third kappa shape index (κ3) is 4.24. The van der Waals surface area contributed by atoms with Gasteiger partial charge in [0.05, 0.1) is 37.3 Å². The molecule has 0 aromatic carbocycles. The number of pyridine rings is 1. The largest absolute Gasteiger partial charge is 0.379 e. The zero-order valence-corrected chi connectivity index (χ0v) is 13.0. The molecule has 0 saturated carbocycles. The molecule has 3 heterocycles. The molecule has 1 aliphatic rings. The number of hydrogen-bond donors (Lipinski definition) is 2. The third-order valence-electron chi connectivity index (χ3n) is 3.69. The molecule has 2 aromatic rings. The Morgan fingerprint density at radius 1 is 1.42 bits per heavy atom. The number of rotatable bonds is 5. The Balaban J connectivity index is 1.60. The number of aromatic nitrogens is 3. The number of nitrogens with one attached hydrogen (secondary N) is 2. The minimum absolute atomic E-state index is 0.142. The van der Waals surface area contributed by atoms with Crippen molar-refractivity contribution in [2.24, 2.45) is 0 Å². The summed E-state index contributed by atoms with van der Waals surface area (Å²) in [6.45, 7) is 1.31.